The van der Waals surface area contributed by atoms with E-state index in [2.05, 4.69) is 10.3 Å². The SMILES string of the molecule is COCCNCC(O)CSc1ncccc1Cl. The van der Waals surface area contributed by atoms with Gasteiger partial charge in [-0.25, -0.2) is 4.98 Å². The molecule has 6 heteroatoms. The Morgan fingerprint density at radius 2 is 2.47 bits per heavy atom. The molecule has 0 spiro atoms. The third-order valence-corrected chi connectivity index (χ3v) is 3.57. The Hall–Kier alpha value is -0.330. The number of nitrogens with one attached hydrogen (secondary N) is 1. The molecule has 0 amide bonds. The van der Waals surface area contributed by atoms with Gasteiger partial charge >= 0.3 is 0 Å². The Kier molecular flexibility index (Phi) is 7.55. The summed E-state index contributed by atoms with van der Waals surface area (Å²) < 4.78 is 4.89. The zero-order chi connectivity index (χ0) is 12.5. The number of hydrogen-bond acceptors (Lipinski definition) is 5. The van der Waals surface area contributed by atoms with Gasteiger partial charge in [0.1, 0.15) is 5.03 Å². The molecule has 1 aromatic rings. The molecule has 96 valence electrons. The van der Waals surface area contributed by atoms with E-state index in [4.69, 9.17) is 16.3 Å². The van der Waals surface area contributed by atoms with Crippen LogP contribution in [0.25, 0.3) is 0 Å². The number of nitrogens with zero attached hydrogens (tertiary/aromatic N) is 1. The molecule has 0 aliphatic rings. The zero-order valence-corrected chi connectivity index (χ0v) is 11.3. The minimum atomic E-state index is -0.421. The zero-order valence-electron chi connectivity index (χ0n) is 9.73. The average Bonchev–Trinajstić information content (AvgIpc) is 2.34. The van der Waals surface area contributed by atoms with Gasteiger partial charge in [-0.2, -0.15) is 0 Å². The highest BCUT2D eigenvalue weighted by molar-refractivity contribution is 7.99. The second-order valence-electron chi connectivity index (χ2n) is 3.45. The van der Waals surface area contributed by atoms with E-state index < -0.39 is 6.10 Å². The van der Waals surface area contributed by atoms with Gasteiger partial charge in [0.2, 0.25) is 0 Å². The number of ether oxygens (including phenoxy) is 1. The van der Waals surface area contributed by atoms with Gasteiger partial charge in [0.15, 0.2) is 0 Å². The lowest BCUT2D eigenvalue weighted by Crippen LogP contribution is -2.30. The molecular formula is C11H17ClN2O2S. The number of aromatic nitrogens is 1. The summed E-state index contributed by atoms with van der Waals surface area (Å²) in [6, 6.07) is 3.58. The first kappa shape index (κ1) is 14.7. The van der Waals surface area contributed by atoms with E-state index in [-0.39, 0.29) is 0 Å². The molecule has 17 heavy (non-hydrogen) atoms. The van der Waals surface area contributed by atoms with Gasteiger partial charge in [0.05, 0.1) is 17.7 Å². The molecule has 1 heterocycles. The van der Waals surface area contributed by atoms with Gasteiger partial charge in [-0.15, -0.1) is 11.8 Å². The fourth-order valence-electron chi connectivity index (χ4n) is 1.15. The van der Waals surface area contributed by atoms with Crippen molar-refractivity contribution in [2.24, 2.45) is 0 Å². The maximum Gasteiger partial charge on any atom is 0.115 e. The van der Waals surface area contributed by atoms with Crippen molar-refractivity contribution < 1.29 is 9.84 Å². The molecule has 1 rings (SSSR count). The Bertz CT molecular complexity index is 328. The van der Waals surface area contributed by atoms with E-state index in [0.29, 0.717) is 23.9 Å². The lowest BCUT2D eigenvalue weighted by molar-refractivity contribution is 0.175. The summed E-state index contributed by atoms with van der Waals surface area (Å²) in [5.41, 5.74) is 0. The van der Waals surface area contributed by atoms with Crippen molar-refractivity contribution in [2.45, 2.75) is 11.1 Å². The minimum Gasteiger partial charge on any atom is -0.391 e. The maximum atomic E-state index is 9.71. The Balaban J connectivity index is 2.19. The molecule has 4 nitrogen and oxygen atoms in total. The van der Waals surface area contributed by atoms with Crippen LogP contribution < -0.4 is 5.32 Å². The summed E-state index contributed by atoms with van der Waals surface area (Å²) in [5.74, 6) is 0.566. The molecule has 1 atom stereocenters. The van der Waals surface area contributed by atoms with Gasteiger partial charge in [-0.1, -0.05) is 11.6 Å². The van der Waals surface area contributed by atoms with Crippen molar-refractivity contribution in [2.75, 3.05) is 32.6 Å². The second kappa shape index (κ2) is 8.72. The van der Waals surface area contributed by atoms with Gasteiger partial charge in [-0.3, -0.25) is 0 Å². The van der Waals surface area contributed by atoms with Crippen LogP contribution in [0.1, 0.15) is 0 Å². The summed E-state index contributed by atoms with van der Waals surface area (Å²) >= 11 is 7.41. The monoisotopic (exact) mass is 276 g/mol. The molecule has 2 N–H and O–H groups in total. The highest BCUT2D eigenvalue weighted by atomic mass is 35.5. The van der Waals surface area contributed by atoms with E-state index in [9.17, 15) is 5.11 Å². The fraction of sp³-hybridized carbons (Fsp3) is 0.545. The van der Waals surface area contributed by atoms with Crippen molar-refractivity contribution in [3.63, 3.8) is 0 Å². The van der Waals surface area contributed by atoms with Crippen LogP contribution in [-0.2, 0) is 4.74 Å². The summed E-state index contributed by atoms with van der Waals surface area (Å²) in [7, 11) is 1.65. The van der Waals surface area contributed by atoms with Gasteiger partial charge in [0.25, 0.3) is 0 Å². The van der Waals surface area contributed by atoms with Crippen molar-refractivity contribution in [3.05, 3.63) is 23.4 Å². The minimum absolute atomic E-state index is 0.421. The van der Waals surface area contributed by atoms with Crippen LogP contribution in [0.4, 0.5) is 0 Å². The average molecular weight is 277 g/mol. The third-order valence-electron chi connectivity index (χ3n) is 2.00. The normalized spacial score (nSPS) is 12.6. The highest BCUT2D eigenvalue weighted by Gasteiger charge is 2.07. The molecule has 0 radical (unpaired) electrons. The van der Waals surface area contributed by atoms with Crippen molar-refractivity contribution in [1.29, 1.82) is 0 Å². The number of thioether (sulfide) groups is 1. The van der Waals surface area contributed by atoms with Crippen LogP contribution in [0.15, 0.2) is 23.4 Å². The first-order valence-electron chi connectivity index (χ1n) is 5.35. The number of rotatable bonds is 8. The Labute approximate surface area is 111 Å². The molecule has 1 aromatic heterocycles. The van der Waals surface area contributed by atoms with Crippen molar-refractivity contribution >= 4 is 23.4 Å². The Morgan fingerprint density at radius 3 is 3.18 bits per heavy atom. The summed E-state index contributed by atoms with van der Waals surface area (Å²) in [6.45, 7) is 1.93. The topological polar surface area (TPSA) is 54.4 Å². The molecule has 1 unspecified atom stereocenters. The van der Waals surface area contributed by atoms with Crippen molar-refractivity contribution in [1.82, 2.24) is 10.3 Å². The molecule has 0 aliphatic heterocycles. The van der Waals surface area contributed by atoms with Gasteiger partial charge in [-0.05, 0) is 12.1 Å². The molecule has 0 aromatic carbocycles. The van der Waals surface area contributed by atoms with Crippen LogP contribution in [0.3, 0.4) is 0 Å². The fourth-order valence-corrected chi connectivity index (χ4v) is 2.25. The van der Waals surface area contributed by atoms with Crippen molar-refractivity contribution in [3.8, 4) is 0 Å². The first-order valence-corrected chi connectivity index (χ1v) is 6.71. The van der Waals surface area contributed by atoms with E-state index in [1.54, 1.807) is 25.4 Å². The van der Waals surface area contributed by atoms with Gasteiger partial charge in [0, 0.05) is 32.1 Å². The largest absolute Gasteiger partial charge is 0.391 e. The molecular weight excluding hydrogens is 260 g/mol. The predicted molar refractivity (Wildman–Crippen MR) is 70.7 cm³/mol. The van der Waals surface area contributed by atoms with Gasteiger partial charge < -0.3 is 15.2 Å². The molecule has 0 aliphatic carbocycles. The van der Waals surface area contributed by atoms with E-state index in [1.807, 2.05) is 0 Å². The summed E-state index contributed by atoms with van der Waals surface area (Å²) in [4.78, 5) is 4.14. The number of methoxy groups -OCH3 is 1. The number of aliphatic hydroxyl groups is 1. The predicted octanol–water partition coefficient (Wildman–Crippen LogP) is 1.42. The van der Waals surface area contributed by atoms with Crippen LogP contribution >= 0.6 is 23.4 Å². The summed E-state index contributed by atoms with van der Waals surface area (Å²) in [6.07, 6.45) is 1.27. The highest BCUT2D eigenvalue weighted by Crippen LogP contribution is 2.24. The van der Waals surface area contributed by atoms with Crippen LogP contribution in [0, 0.1) is 0 Å². The smallest absolute Gasteiger partial charge is 0.115 e. The van der Waals surface area contributed by atoms with Crippen LogP contribution in [0.5, 0.6) is 0 Å². The van der Waals surface area contributed by atoms with Crippen LogP contribution in [-0.4, -0.2) is 48.8 Å². The van der Waals surface area contributed by atoms with Crippen LogP contribution in [0.2, 0.25) is 5.02 Å². The number of aliphatic hydroxyl groups excluding tert-OH is 1. The Morgan fingerprint density at radius 1 is 1.65 bits per heavy atom. The third kappa shape index (κ3) is 6.24. The first-order chi connectivity index (χ1) is 8.24. The van der Waals surface area contributed by atoms with E-state index in [0.717, 1.165) is 11.6 Å². The molecule has 0 bridgehead atoms. The maximum absolute atomic E-state index is 9.71. The lowest BCUT2D eigenvalue weighted by Gasteiger charge is -2.11. The molecule has 0 fully saturated rings. The lowest BCUT2D eigenvalue weighted by atomic mass is 10.4. The second-order valence-corrected chi connectivity index (χ2v) is 4.87. The molecule has 0 saturated carbocycles. The number of hydrogen-bond donors (Lipinski definition) is 2. The van der Waals surface area contributed by atoms with E-state index >= 15 is 0 Å². The quantitative estimate of drug-likeness (QED) is 0.556. The standard InChI is InChI=1S/C11H17ClN2O2S/c1-16-6-5-13-7-9(15)8-17-11-10(12)3-2-4-14-11/h2-4,9,13,15H,5-8H2,1H3. The molecule has 0 saturated heterocycles. The number of pyridine rings is 1. The van der Waals surface area contributed by atoms with E-state index in [1.165, 1.54) is 11.8 Å². The summed E-state index contributed by atoms with van der Waals surface area (Å²) in [5, 5.41) is 14.2. The number of halogens is 1.